The molecule has 4 heteroatoms. The number of ketones is 1. The molecule has 0 N–H and O–H groups in total. The molecule has 4 aromatic rings. The Bertz CT molecular complexity index is 1270. The SMILES string of the molecule is N#Cc1ccc(C(=O)/C=C/c2cccc(OCc3ccc4ccccc4n3)c2)cc1. The van der Waals surface area contributed by atoms with Crippen LogP contribution < -0.4 is 4.74 Å². The van der Waals surface area contributed by atoms with Crippen molar-refractivity contribution in [1.82, 2.24) is 4.98 Å². The molecule has 0 unspecified atom stereocenters. The zero-order valence-electron chi connectivity index (χ0n) is 16.2. The number of nitrogens with zero attached hydrogens (tertiary/aromatic N) is 2. The predicted octanol–water partition coefficient (Wildman–Crippen LogP) is 5.58. The standard InChI is InChI=1S/C26H18N2O2/c27-17-20-8-11-22(12-9-20)26(29)15-10-19-4-3-6-24(16-19)30-18-23-14-13-21-5-1-2-7-25(21)28-23/h1-16H,18H2/b15-10+. The topological polar surface area (TPSA) is 63.0 Å². The van der Waals surface area contributed by atoms with Gasteiger partial charge in [-0.05, 0) is 60.2 Å². The zero-order valence-corrected chi connectivity index (χ0v) is 16.2. The molecule has 0 spiro atoms. The second-order valence-corrected chi connectivity index (χ2v) is 6.74. The number of allylic oxidation sites excluding steroid dienone is 1. The van der Waals surface area contributed by atoms with E-state index in [0.717, 1.165) is 22.2 Å². The van der Waals surface area contributed by atoms with Crippen LogP contribution in [0.4, 0.5) is 0 Å². The summed E-state index contributed by atoms with van der Waals surface area (Å²) in [5, 5.41) is 9.94. The molecule has 0 atom stereocenters. The van der Waals surface area contributed by atoms with Crippen LogP contribution in [0.5, 0.6) is 5.75 Å². The van der Waals surface area contributed by atoms with E-state index in [9.17, 15) is 4.79 Å². The molecule has 0 bridgehead atoms. The van der Waals surface area contributed by atoms with Gasteiger partial charge in [-0.15, -0.1) is 0 Å². The molecule has 0 aliphatic rings. The number of nitriles is 1. The molecule has 0 aliphatic carbocycles. The van der Waals surface area contributed by atoms with Crippen molar-refractivity contribution in [3.63, 3.8) is 0 Å². The minimum Gasteiger partial charge on any atom is -0.487 e. The average molecular weight is 390 g/mol. The quantitative estimate of drug-likeness (QED) is 0.318. The molecule has 1 heterocycles. The summed E-state index contributed by atoms with van der Waals surface area (Å²) in [6, 6.07) is 28.1. The van der Waals surface area contributed by atoms with Crippen LogP contribution in [0.25, 0.3) is 17.0 Å². The Morgan fingerprint density at radius 2 is 1.80 bits per heavy atom. The first-order valence-electron chi connectivity index (χ1n) is 9.51. The summed E-state index contributed by atoms with van der Waals surface area (Å²) >= 11 is 0. The molecule has 1 aromatic heterocycles. The monoisotopic (exact) mass is 390 g/mol. The number of aromatic nitrogens is 1. The molecule has 0 saturated heterocycles. The molecule has 144 valence electrons. The number of rotatable bonds is 6. The number of benzene rings is 3. The Hall–Kier alpha value is -4.23. The lowest BCUT2D eigenvalue weighted by atomic mass is 10.1. The fourth-order valence-corrected chi connectivity index (χ4v) is 3.03. The summed E-state index contributed by atoms with van der Waals surface area (Å²) in [6.45, 7) is 0.363. The first-order chi connectivity index (χ1) is 14.7. The zero-order chi connectivity index (χ0) is 20.8. The number of carbonyl (C=O) groups is 1. The molecule has 30 heavy (non-hydrogen) atoms. The molecular weight excluding hydrogens is 372 g/mol. The fraction of sp³-hybridized carbons (Fsp3) is 0.0385. The Kier molecular flexibility index (Phi) is 5.63. The van der Waals surface area contributed by atoms with Crippen molar-refractivity contribution < 1.29 is 9.53 Å². The lowest BCUT2D eigenvalue weighted by Gasteiger charge is -2.07. The van der Waals surface area contributed by atoms with E-state index >= 15 is 0 Å². The number of carbonyl (C=O) groups excluding carboxylic acids is 1. The Morgan fingerprint density at radius 3 is 2.63 bits per heavy atom. The molecule has 0 aliphatic heterocycles. The minimum absolute atomic E-state index is 0.119. The first-order valence-corrected chi connectivity index (χ1v) is 9.51. The van der Waals surface area contributed by atoms with E-state index in [4.69, 9.17) is 10.00 Å². The van der Waals surface area contributed by atoms with Gasteiger partial charge in [-0.3, -0.25) is 4.79 Å². The van der Waals surface area contributed by atoms with Gasteiger partial charge < -0.3 is 4.74 Å². The highest BCUT2D eigenvalue weighted by Crippen LogP contribution is 2.18. The van der Waals surface area contributed by atoms with Crippen LogP contribution in [0.3, 0.4) is 0 Å². The number of para-hydroxylation sites is 1. The van der Waals surface area contributed by atoms with Gasteiger partial charge in [-0.2, -0.15) is 5.26 Å². The van der Waals surface area contributed by atoms with E-state index in [1.165, 1.54) is 6.08 Å². The number of fused-ring (bicyclic) bond motifs is 1. The van der Waals surface area contributed by atoms with Crippen LogP contribution in [0.15, 0.2) is 91.0 Å². The molecule has 4 rings (SSSR count). The molecule has 0 radical (unpaired) electrons. The van der Waals surface area contributed by atoms with Gasteiger partial charge in [0.1, 0.15) is 12.4 Å². The molecule has 0 fully saturated rings. The normalized spacial score (nSPS) is 10.8. The fourth-order valence-electron chi connectivity index (χ4n) is 3.03. The minimum atomic E-state index is -0.119. The van der Waals surface area contributed by atoms with Crippen molar-refractivity contribution in [3.05, 3.63) is 113 Å². The highest BCUT2D eigenvalue weighted by atomic mass is 16.5. The molecule has 3 aromatic carbocycles. The summed E-state index contributed by atoms with van der Waals surface area (Å²) in [5.41, 5.74) is 3.73. The second kappa shape index (κ2) is 8.85. The number of hydrogen-bond acceptors (Lipinski definition) is 4. The van der Waals surface area contributed by atoms with E-state index in [-0.39, 0.29) is 5.78 Å². The van der Waals surface area contributed by atoms with Gasteiger partial charge in [0.15, 0.2) is 5.78 Å². The highest BCUT2D eigenvalue weighted by molar-refractivity contribution is 6.06. The van der Waals surface area contributed by atoms with Crippen LogP contribution in [-0.4, -0.2) is 10.8 Å². The Balaban J connectivity index is 1.42. The van der Waals surface area contributed by atoms with E-state index < -0.39 is 0 Å². The van der Waals surface area contributed by atoms with Gasteiger partial charge >= 0.3 is 0 Å². The molecular formula is C26H18N2O2. The average Bonchev–Trinajstić information content (AvgIpc) is 2.81. The maximum Gasteiger partial charge on any atom is 0.185 e. The maximum absolute atomic E-state index is 12.3. The van der Waals surface area contributed by atoms with Crippen molar-refractivity contribution in [1.29, 1.82) is 5.26 Å². The van der Waals surface area contributed by atoms with Crippen molar-refractivity contribution in [2.75, 3.05) is 0 Å². The Morgan fingerprint density at radius 1 is 0.967 bits per heavy atom. The van der Waals surface area contributed by atoms with E-state index in [2.05, 4.69) is 4.98 Å². The third-order valence-corrected chi connectivity index (χ3v) is 4.63. The van der Waals surface area contributed by atoms with E-state index in [1.54, 1.807) is 30.3 Å². The summed E-state index contributed by atoms with van der Waals surface area (Å²) in [7, 11) is 0. The third-order valence-electron chi connectivity index (χ3n) is 4.63. The largest absolute Gasteiger partial charge is 0.487 e. The van der Waals surface area contributed by atoms with E-state index in [0.29, 0.717) is 23.5 Å². The number of pyridine rings is 1. The summed E-state index contributed by atoms with van der Waals surface area (Å²) in [6.07, 6.45) is 3.27. The van der Waals surface area contributed by atoms with Crippen LogP contribution >= 0.6 is 0 Å². The smallest absolute Gasteiger partial charge is 0.185 e. The molecule has 0 amide bonds. The van der Waals surface area contributed by atoms with Crippen molar-refractivity contribution in [2.24, 2.45) is 0 Å². The predicted molar refractivity (Wildman–Crippen MR) is 117 cm³/mol. The summed E-state index contributed by atoms with van der Waals surface area (Å²) in [4.78, 5) is 16.9. The van der Waals surface area contributed by atoms with Crippen LogP contribution in [0, 0.1) is 11.3 Å². The van der Waals surface area contributed by atoms with Crippen molar-refractivity contribution in [3.8, 4) is 11.8 Å². The van der Waals surface area contributed by atoms with Gasteiger partial charge in [0.25, 0.3) is 0 Å². The lowest BCUT2D eigenvalue weighted by Crippen LogP contribution is -1.98. The summed E-state index contributed by atoms with van der Waals surface area (Å²) < 4.78 is 5.89. The van der Waals surface area contributed by atoms with Gasteiger partial charge in [-0.1, -0.05) is 42.5 Å². The molecule has 0 saturated carbocycles. The highest BCUT2D eigenvalue weighted by Gasteiger charge is 2.03. The first kappa shape index (κ1) is 19.1. The van der Waals surface area contributed by atoms with Crippen LogP contribution in [-0.2, 0) is 6.61 Å². The van der Waals surface area contributed by atoms with Crippen LogP contribution in [0.1, 0.15) is 27.2 Å². The van der Waals surface area contributed by atoms with Gasteiger partial charge in [0, 0.05) is 10.9 Å². The third kappa shape index (κ3) is 4.60. The van der Waals surface area contributed by atoms with E-state index in [1.807, 2.05) is 66.7 Å². The molecule has 4 nitrogen and oxygen atoms in total. The van der Waals surface area contributed by atoms with Crippen LogP contribution in [0.2, 0.25) is 0 Å². The van der Waals surface area contributed by atoms with Crippen molar-refractivity contribution in [2.45, 2.75) is 6.61 Å². The van der Waals surface area contributed by atoms with Gasteiger partial charge in [0.2, 0.25) is 0 Å². The second-order valence-electron chi connectivity index (χ2n) is 6.74. The van der Waals surface area contributed by atoms with Gasteiger partial charge in [0.05, 0.1) is 22.8 Å². The number of ether oxygens (including phenoxy) is 1. The maximum atomic E-state index is 12.3. The van der Waals surface area contributed by atoms with Gasteiger partial charge in [-0.25, -0.2) is 4.98 Å². The lowest BCUT2D eigenvalue weighted by molar-refractivity contribution is 0.104. The number of hydrogen-bond donors (Lipinski definition) is 0. The Labute approximate surface area is 174 Å². The summed E-state index contributed by atoms with van der Waals surface area (Å²) in [5.74, 6) is 0.587. The van der Waals surface area contributed by atoms with Crippen molar-refractivity contribution >= 4 is 22.8 Å².